The van der Waals surface area contributed by atoms with Crippen molar-refractivity contribution < 1.29 is 44.3 Å². The first kappa shape index (κ1) is 46.6. The average molecular weight is 1020 g/mol. The predicted molar refractivity (Wildman–Crippen MR) is 253 cm³/mol. The minimum atomic E-state index is -0.782. The van der Waals surface area contributed by atoms with Crippen LogP contribution in [0.15, 0.2) is 182 Å². The number of aromatic nitrogens is 3. The number of hydrogen-bond acceptors (Lipinski definition) is 7. The van der Waals surface area contributed by atoms with Gasteiger partial charge in [-0.25, -0.2) is 4.79 Å². The number of pyridine rings is 2. The van der Waals surface area contributed by atoms with Crippen LogP contribution in [-0.4, -0.2) is 44.8 Å². The molecule has 0 amide bonds. The Morgan fingerprint density at radius 1 is 0.656 bits per heavy atom. The molecule has 0 aliphatic carbocycles. The summed E-state index contributed by atoms with van der Waals surface area (Å²) in [5.41, 5.74) is 5.44. The van der Waals surface area contributed by atoms with Crippen molar-refractivity contribution in [2.45, 2.75) is 40.2 Å². The van der Waals surface area contributed by atoms with Crippen LogP contribution in [-0.2, 0) is 39.2 Å². The maximum Gasteiger partial charge on any atom is 0.334 e. The number of benzene rings is 6. The van der Waals surface area contributed by atoms with Crippen molar-refractivity contribution in [3.63, 3.8) is 0 Å². The van der Waals surface area contributed by atoms with Crippen molar-refractivity contribution >= 4 is 55.3 Å². The molecule has 0 spiro atoms. The van der Waals surface area contributed by atoms with Crippen molar-refractivity contribution in [1.29, 1.82) is 0 Å². The minimum Gasteiger partial charge on any atom is -0.512 e. The Bertz CT molecular complexity index is 2820. The molecule has 0 fully saturated rings. The maximum atomic E-state index is 13.1. The van der Waals surface area contributed by atoms with E-state index in [9.17, 15) is 9.59 Å². The third-order valence-electron chi connectivity index (χ3n) is 11.3. The van der Waals surface area contributed by atoms with Gasteiger partial charge < -0.3 is 29.1 Å². The Kier molecular flexibility index (Phi) is 16.0. The zero-order valence-electron chi connectivity index (χ0n) is 36.2. The van der Waals surface area contributed by atoms with E-state index >= 15 is 0 Å². The number of aliphatic hydroxyl groups is 1. The first-order valence-electron chi connectivity index (χ1n) is 21.0. The number of fused-ring (bicyclic) bond motifs is 5. The molecule has 9 aromatic rings. The summed E-state index contributed by atoms with van der Waals surface area (Å²) in [6, 6.07) is 59.1. The Labute approximate surface area is 387 Å². The van der Waals surface area contributed by atoms with Gasteiger partial charge in [0.2, 0.25) is 0 Å². The normalized spacial score (nSPS) is 12.5. The van der Waals surface area contributed by atoms with Gasteiger partial charge in [0.15, 0.2) is 0 Å². The second-order valence-corrected chi connectivity index (χ2v) is 15.3. The van der Waals surface area contributed by atoms with Crippen molar-refractivity contribution in [1.82, 2.24) is 14.5 Å². The number of hydrogen-bond donors (Lipinski definition) is 1. The van der Waals surface area contributed by atoms with Gasteiger partial charge in [0.1, 0.15) is 13.2 Å². The number of esters is 2. The van der Waals surface area contributed by atoms with Crippen molar-refractivity contribution in [3.05, 3.63) is 194 Å². The summed E-state index contributed by atoms with van der Waals surface area (Å²) >= 11 is 0. The summed E-state index contributed by atoms with van der Waals surface area (Å²) in [5.74, 6) is -1.15. The van der Waals surface area contributed by atoms with Crippen LogP contribution in [0.5, 0.6) is 0 Å². The zero-order valence-corrected chi connectivity index (χ0v) is 38.6. The molecule has 0 saturated heterocycles. The van der Waals surface area contributed by atoms with E-state index < -0.39 is 11.4 Å². The smallest absolute Gasteiger partial charge is 0.334 e. The molecule has 9 rings (SSSR count). The average Bonchev–Trinajstić information content (AvgIpc) is 3.67. The molecular formula is C55H49IrN3O5-2. The molecule has 64 heavy (non-hydrogen) atoms. The fourth-order valence-electron chi connectivity index (χ4n) is 7.67. The van der Waals surface area contributed by atoms with Gasteiger partial charge in [-0.2, -0.15) is 0 Å². The Hall–Kier alpha value is -6.93. The monoisotopic (exact) mass is 1020 g/mol. The zero-order chi connectivity index (χ0) is 44.2. The summed E-state index contributed by atoms with van der Waals surface area (Å²) < 4.78 is 12.6. The van der Waals surface area contributed by atoms with E-state index in [2.05, 4.69) is 75.2 Å². The number of para-hydroxylation sites is 2. The molecule has 0 aliphatic heterocycles. The number of carbonyl (C=O) groups excluding carboxylic acids is 2. The van der Waals surface area contributed by atoms with Crippen LogP contribution in [0.2, 0.25) is 0 Å². The van der Waals surface area contributed by atoms with Crippen LogP contribution in [0.4, 0.5) is 0 Å². The van der Waals surface area contributed by atoms with E-state index in [4.69, 9.17) is 14.6 Å². The third-order valence-corrected chi connectivity index (χ3v) is 11.3. The van der Waals surface area contributed by atoms with Crippen LogP contribution in [0.3, 0.4) is 0 Å². The molecule has 8 nitrogen and oxygen atoms in total. The molecule has 6 aromatic carbocycles. The molecular weight excluding hydrogens is 975 g/mol. The van der Waals surface area contributed by atoms with E-state index in [1.807, 2.05) is 142 Å². The van der Waals surface area contributed by atoms with Gasteiger partial charge in [-0.1, -0.05) is 91.9 Å². The molecule has 1 radical (unpaired) electrons. The largest absolute Gasteiger partial charge is 0.512 e. The summed E-state index contributed by atoms with van der Waals surface area (Å²) in [5, 5.41) is 16.2. The van der Waals surface area contributed by atoms with Gasteiger partial charge in [-0.3, -0.25) is 4.79 Å². The van der Waals surface area contributed by atoms with Crippen molar-refractivity contribution in [3.8, 4) is 22.5 Å². The topological polar surface area (TPSA) is 104 Å². The molecule has 2 atom stereocenters. The summed E-state index contributed by atoms with van der Waals surface area (Å²) in [6.45, 7) is 7.19. The van der Waals surface area contributed by atoms with Crippen molar-refractivity contribution in [2.24, 2.45) is 5.41 Å². The fraction of sp³-hybridized carbons (Fsp3) is 0.164. The van der Waals surface area contributed by atoms with Crippen LogP contribution >= 0.6 is 0 Å². The third kappa shape index (κ3) is 10.6. The van der Waals surface area contributed by atoms with E-state index in [1.54, 1.807) is 0 Å². The van der Waals surface area contributed by atoms with Crippen LogP contribution < -0.4 is 0 Å². The van der Waals surface area contributed by atoms with E-state index in [1.165, 1.54) is 28.5 Å². The quantitative estimate of drug-likeness (QED) is 0.0478. The molecule has 0 bridgehead atoms. The molecule has 2 unspecified atom stereocenters. The minimum absolute atomic E-state index is 0. The number of rotatable bonds is 10. The number of ether oxygens (including phenoxy) is 2. The fourth-order valence-corrected chi connectivity index (χ4v) is 7.67. The second-order valence-electron chi connectivity index (χ2n) is 15.3. The Morgan fingerprint density at radius 2 is 1.09 bits per heavy atom. The Balaban J connectivity index is 0.000000172. The van der Waals surface area contributed by atoms with Crippen molar-refractivity contribution in [2.75, 3.05) is 13.2 Å². The first-order valence-corrected chi connectivity index (χ1v) is 21.0. The molecule has 325 valence electrons. The Morgan fingerprint density at radius 3 is 1.55 bits per heavy atom. The van der Waals surface area contributed by atoms with Gasteiger partial charge in [0.05, 0.1) is 17.3 Å². The van der Waals surface area contributed by atoms with E-state index in [0.29, 0.717) is 6.42 Å². The number of carbonyl (C=O) groups is 2. The summed E-state index contributed by atoms with van der Waals surface area (Å²) in [7, 11) is 0. The maximum absolute atomic E-state index is 13.1. The van der Waals surface area contributed by atoms with Crippen LogP contribution in [0.1, 0.15) is 40.2 Å². The standard InChI is InChI=1S/C25H29NO5.2C15H10N.Ir/c1-5-25(4,24(29)31-15-14-30-23(28)16-17(2)27)18(3)26-21-12-8-6-10-19(21)20-11-7-9-13-22(20)26;2*1-2-7-13(8-3-1)15-14-9-5-4-6-12(14)10-11-16-15;/h6-13,16,18,27H,5,14-15H2,1-4H3;2*1-7,9-11H;/q;2*-1;/b17-16-;;;. The van der Waals surface area contributed by atoms with Gasteiger partial charge in [-0.05, 0) is 84.4 Å². The first-order chi connectivity index (χ1) is 30.7. The molecule has 1 N–H and O–H groups in total. The summed E-state index contributed by atoms with van der Waals surface area (Å²) in [6.07, 6.45) is 5.25. The van der Waals surface area contributed by atoms with Crippen LogP contribution in [0.25, 0.3) is 65.9 Å². The van der Waals surface area contributed by atoms with E-state index in [0.717, 1.165) is 50.4 Å². The van der Waals surface area contributed by atoms with Gasteiger partial charge in [0, 0.05) is 60.3 Å². The summed E-state index contributed by atoms with van der Waals surface area (Å²) in [4.78, 5) is 33.5. The van der Waals surface area contributed by atoms with E-state index in [-0.39, 0.29) is 51.1 Å². The van der Waals surface area contributed by atoms with Crippen LogP contribution in [0, 0.1) is 17.5 Å². The predicted octanol–water partition coefficient (Wildman–Crippen LogP) is 12.7. The van der Waals surface area contributed by atoms with Gasteiger partial charge in [-0.15, -0.1) is 71.8 Å². The molecule has 0 aliphatic rings. The number of allylic oxidation sites excluding steroid dienone is 1. The SMILES string of the molecule is CCC(C)(C(=O)OCCOC(=O)/C=C(/C)O)C(C)n1c2ccccc2c2ccccc21.[Ir].[c-]1ccccc1-c1nccc2ccccc12.[c-]1ccccc1-c1nccc2ccccc12. The molecule has 3 aromatic heterocycles. The van der Waals surface area contributed by atoms with Gasteiger partial charge >= 0.3 is 11.9 Å². The molecule has 0 saturated carbocycles. The molecule has 3 heterocycles. The number of nitrogens with zero attached hydrogens (tertiary/aromatic N) is 3. The number of aliphatic hydroxyl groups excluding tert-OH is 1. The second kappa shape index (κ2) is 21.9. The molecule has 9 heteroatoms. The van der Waals surface area contributed by atoms with Gasteiger partial charge in [0.25, 0.3) is 0 Å².